The van der Waals surface area contributed by atoms with Crippen molar-refractivity contribution >= 4 is 27.9 Å². The molecule has 0 unspecified atom stereocenters. The summed E-state index contributed by atoms with van der Waals surface area (Å²) in [6.07, 6.45) is 13.4. The lowest BCUT2D eigenvalue weighted by molar-refractivity contribution is -0.116. The third-order valence-electron chi connectivity index (χ3n) is 3.73. The molecule has 4 heteroatoms. The van der Waals surface area contributed by atoms with E-state index in [9.17, 15) is 9.90 Å². The largest absolute Gasteiger partial charge is 0.507 e. The van der Waals surface area contributed by atoms with Crippen molar-refractivity contribution in [2.24, 2.45) is 0 Å². The number of phenols is 1. The van der Waals surface area contributed by atoms with Crippen LogP contribution in [-0.4, -0.2) is 17.6 Å². The van der Waals surface area contributed by atoms with Gasteiger partial charge >= 0.3 is 0 Å². The van der Waals surface area contributed by atoms with Gasteiger partial charge in [0.2, 0.25) is 5.91 Å². The third kappa shape index (κ3) is 9.44. The maximum atomic E-state index is 11.7. The van der Waals surface area contributed by atoms with E-state index in [1.54, 1.807) is 24.3 Å². The number of halogens is 1. The molecule has 23 heavy (non-hydrogen) atoms. The summed E-state index contributed by atoms with van der Waals surface area (Å²) in [5.74, 6) is 0.124. The lowest BCUT2D eigenvalue weighted by Crippen LogP contribution is -2.21. The van der Waals surface area contributed by atoms with Crippen molar-refractivity contribution in [3.63, 3.8) is 0 Å². The van der Waals surface area contributed by atoms with Crippen LogP contribution >= 0.6 is 15.9 Å². The number of carbonyl (C=O) groups is 1. The summed E-state index contributed by atoms with van der Waals surface area (Å²) < 4.78 is 0.624. The average molecular weight is 382 g/mol. The highest BCUT2D eigenvalue weighted by Crippen LogP contribution is 2.24. The highest BCUT2D eigenvalue weighted by Gasteiger charge is 1.99. The fraction of sp³-hybridized carbons (Fsp3) is 0.526. The first-order valence-electron chi connectivity index (χ1n) is 8.58. The second-order valence-corrected chi connectivity index (χ2v) is 6.66. The van der Waals surface area contributed by atoms with Crippen molar-refractivity contribution in [2.75, 3.05) is 6.54 Å². The van der Waals surface area contributed by atoms with Crippen molar-refractivity contribution in [2.45, 2.75) is 58.3 Å². The molecule has 0 spiro atoms. The summed E-state index contributed by atoms with van der Waals surface area (Å²) in [5.41, 5.74) is 0.872. The summed E-state index contributed by atoms with van der Waals surface area (Å²) >= 11 is 3.25. The number of carbonyl (C=O) groups excluding carboxylic acids is 1. The van der Waals surface area contributed by atoms with Crippen LogP contribution in [0.2, 0.25) is 0 Å². The molecular weight excluding hydrogens is 354 g/mol. The Morgan fingerprint density at radius 2 is 1.78 bits per heavy atom. The van der Waals surface area contributed by atoms with E-state index in [4.69, 9.17) is 0 Å². The molecule has 128 valence electrons. The first-order valence-corrected chi connectivity index (χ1v) is 9.37. The van der Waals surface area contributed by atoms with Gasteiger partial charge in [-0.05, 0) is 46.1 Å². The van der Waals surface area contributed by atoms with E-state index in [0.717, 1.165) is 18.5 Å². The van der Waals surface area contributed by atoms with Crippen LogP contribution in [0.5, 0.6) is 5.75 Å². The number of hydrogen-bond acceptors (Lipinski definition) is 2. The van der Waals surface area contributed by atoms with E-state index < -0.39 is 0 Å². The minimum Gasteiger partial charge on any atom is -0.507 e. The predicted octanol–water partition coefficient (Wildman–Crippen LogP) is 5.42. The molecule has 1 aromatic rings. The van der Waals surface area contributed by atoms with Crippen LogP contribution < -0.4 is 5.32 Å². The zero-order valence-corrected chi connectivity index (χ0v) is 15.6. The van der Waals surface area contributed by atoms with E-state index in [1.165, 1.54) is 51.0 Å². The summed E-state index contributed by atoms with van der Waals surface area (Å²) in [7, 11) is 0. The number of nitrogens with one attached hydrogen (secondary N) is 1. The normalized spacial score (nSPS) is 11.0. The molecule has 0 aliphatic heterocycles. The van der Waals surface area contributed by atoms with Crippen LogP contribution in [0.1, 0.15) is 63.9 Å². The molecule has 0 aliphatic rings. The van der Waals surface area contributed by atoms with E-state index in [1.807, 2.05) is 0 Å². The monoisotopic (exact) mass is 381 g/mol. The topological polar surface area (TPSA) is 49.3 Å². The maximum absolute atomic E-state index is 11.7. The fourth-order valence-corrected chi connectivity index (χ4v) is 2.72. The van der Waals surface area contributed by atoms with Crippen LogP contribution in [-0.2, 0) is 4.79 Å². The number of unbranched alkanes of at least 4 members (excludes halogenated alkanes) is 7. The quantitative estimate of drug-likeness (QED) is 0.396. The van der Waals surface area contributed by atoms with Crippen LogP contribution in [0.15, 0.2) is 28.7 Å². The zero-order valence-electron chi connectivity index (χ0n) is 14.0. The Balaban J connectivity index is 2.10. The van der Waals surface area contributed by atoms with Gasteiger partial charge in [-0.15, -0.1) is 0 Å². The molecular formula is C19H28BrNO2. The van der Waals surface area contributed by atoms with Gasteiger partial charge in [0.25, 0.3) is 0 Å². The van der Waals surface area contributed by atoms with Gasteiger partial charge in [0.05, 0.1) is 4.47 Å². The number of hydrogen-bond donors (Lipinski definition) is 2. The highest BCUT2D eigenvalue weighted by molar-refractivity contribution is 9.10. The molecule has 0 bridgehead atoms. The van der Waals surface area contributed by atoms with Crippen LogP contribution in [0.4, 0.5) is 0 Å². The van der Waals surface area contributed by atoms with Gasteiger partial charge in [0.1, 0.15) is 5.75 Å². The Morgan fingerprint density at radius 1 is 1.13 bits per heavy atom. The summed E-state index contributed by atoms with van der Waals surface area (Å²) in [6, 6.07) is 5.14. The number of phenolic OH excluding ortho intramolecular Hbond substituents is 1. The van der Waals surface area contributed by atoms with Gasteiger partial charge in [-0.25, -0.2) is 0 Å². The standard InChI is InChI=1S/C19H28BrNO2/c1-2-3-4-5-6-7-8-9-14-21-19(23)13-11-16-10-12-18(22)17(20)15-16/h10-13,15,22H,2-9,14H2,1H3,(H,21,23). The Hall–Kier alpha value is -1.29. The third-order valence-corrected chi connectivity index (χ3v) is 4.36. The van der Waals surface area contributed by atoms with Crippen molar-refractivity contribution in [1.29, 1.82) is 0 Å². The second-order valence-electron chi connectivity index (χ2n) is 5.81. The Bertz CT molecular complexity index is 500. The van der Waals surface area contributed by atoms with Crippen LogP contribution in [0.3, 0.4) is 0 Å². The smallest absolute Gasteiger partial charge is 0.243 e. The Kier molecular flexibility index (Phi) is 10.5. The lowest BCUT2D eigenvalue weighted by Gasteiger charge is -2.03. The van der Waals surface area contributed by atoms with Gasteiger partial charge in [-0.1, -0.05) is 57.9 Å². The van der Waals surface area contributed by atoms with E-state index >= 15 is 0 Å². The first-order chi connectivity index (χ1) is 11.1. The Labute approximate surface area is 148 Å². The van der Waals surface area contributed by atoms with Crippen molar-refractivity contribution in [1.82, 2.24) is 5.32 Å². The second kappa shape index (κ2) is 12.2. The first kappa shape index (κ1) is 19.8. The number of aromatic hydroxyl groups is 1. The molecule has 1 rings (SSSR count). The maximum Gasteiger partial charge on any atom is 0.243 e. The minimum absolute atomic E-state index is 0.0721. The molecule has 0 aromatic heterocycles. The molecule has 0 saturated heterocycles. The molecule has 0 heterocycles. The zero-order chi connectivity index (χ0) is 16.9. The predicted molar refractivity (Wildman–Crippen MR) is 100 cm³/mol. The van der Waals surface area contributed by atoms with Crippen LogP contribution in [0.25, 0.3) is 6.08 Å². The van der Waals surface area contributed by atoms with Crippen molar-refractivity contribution in [3.8, 4) is 5.75 Å². The van der Waals surface area contributed by atoms with Gasteiger partial charge in [0.15, 0.2) is 0 Å². The molecule has 0 fully saturated rings. The van der Waals surface area contributed by atoms with Gasteiger partial charge < -0.3 is 10.4 Å². The van der Waals surface area contributed by atoms with Crippen molar-refractivity contribution < 1.29 is 9.90 Å². The van der Waals surface area contributed by atoms with Gasteiger partial charge in [0, 0.05) is 12.6 Å². The highest BCUT2D eigenvalue weighted by atomic mass is 79.9. The van der Waals surface area contributed by atoms with E-state index in [2.05, 4.69) is 28.2 Å². The molecule has 1 amide bonds. The number of benzene rings is 1. The SMILES string of the molecule is CCCCCCCCCCNC(=O)C=Cc1ccc(O)c(Br)c1. The molecule has 0 atom stereocenters. The van der Waals surface area contributed by atoms with Gasteiger partial charge in [-0.3, -0.25) is 4.79 Å². The number of rotatable bonds is 11. The van der Waals surface area contributed by atoms with Gasteiger partial charge in [-0.2, -0.15) is 0 Å². The molecule has 0 radical (unpaired) electrons. The molecule has 0 aliphatic carbocycles. The minimum atomic E-state index is -0.0721. The Morgan fingerprint density at radius 3 is 2.43 bits per heavy atom. The van der Waals surface area contributed by atoms with E-state index in [-0.39, 0.29) is 11.7 Å². The molecule has 2 N–H and O–H groups in total. The lowest BCUT2D eigenvalue weighted by atomic mass is 10.1. The molecule has 0 saturated carbocycles. The van der Waals surface area contributed by atoms with Crippen LogP contribution in [0, 0.1) is 0 Å². The summed E-state index contributed by atoms with van der Waals surface area (Å²) in [6.45, 7) is 2.97. The van der Waals surface area contributed by atoms with E-state index in [0.29, 0.717) is 4.47 Å². The molecule has 3 nitrogen and oxygen atoms in total. The van der Waals surface area contributed by atoms with Crippen molar-refractivity contribution in [3.05, 3.63) is 34.3 Å². The average Bonchev–Trinajstić information content (AvgIpc) is 2.54. The fourth-order valence-electron chi connectivity index (χ4n) is 2.33. The number of amides is 1. The molecule has 1 aromatic carbocycles. The summed E-state index contributed by atoms with van der Waals surface area (Å²) in [4.78, 5) is 11.7. The summed E-state index contributed by atoms with van der Waals surface area (Å²) in [5, 5.41) is 12.3.